The Labute approximate surface area is 201 Å². The van der Waals surface area contributed by atoms with Gasteiger partial charge in [-0.05, 0) is 69.1 Å². The number of rotatable bonds is 6. The number of aromatic nitrogens is 5. The molecule has 0 saturated heterocycles. The van der Waals surface area contributed by atoms with Crippen LogP contribution in [0.25, 0.3) is 16.7 Å². The molecular weight excluding hydrogens is 449 g/mol. The molecule has 0 saturated carbocycles. The molecule has 4 aromatic rings. The number of nitrogens with zero attached hydrogens (tertiary/aromatic N) is 5. The van der Waals surface area contributed by atoms with E-state index in [1.807, 2.05) is 13.0 Å². The number of hydrogen-bond acceptors (Lipinski definition) is 7. The van der Waals surface area contributed by atoms with Gasteiger partial charge in [-0.1, -0.05) is 6.07 Å². The molecule has 5 rings (SSSR count). The van der Waals surface area contributed by atoms with Gasteiger partial charge in [0.15, 0.2) is 5.65 Å². The van der Waals surface area contributed by atoms with Crippen molar-refractivity contribution >= 4 is 22.7 Å². The second-order valence-electron chi connectivity index (χ2n) is 8.96. The highest BCUT2D eigenvalue weighted by Gasteiger charge is 2.32. The number of fused-ring (bicyclic) bond motifs is 2. The van der Waals surface area contributed by atoms with E-state index in [-0.39, 0.29) is 11.3 Å². The molecule has 10 heteroatoms. The van der Waals surface area contributed by atoms with Gasteiger partial charge in [0.1, 0.15) is 17.2 Å². The topological polar surface area (TPSA) is 110 Å². The Bertz CT molecular complexity index is 1460. The summed E-state index contributed by atoms with van der Waals surface area (Å²) >= 11 is 0. The first-order valence-corrected chi connectivity index (χ1v) is 11.7. The minimum atomic E-state index is -1.78. The maximum Gasteiger partial charge on any atom is 0.278 e. The molecular formula is C25H28FN7O2. The molecule has 3 aromatic heterocycles. The molecule has 1 aliphatic heterocycles. The number of pyridine rings is 1. The molecule has 0 radical (unpaired) electrons. The molecule has 4 heterocycles. The largest absolute Gasteiger partial charge is 0.381 e. The van der Waals surface area contributed by atoms with Crippen LogP contribution in [0.1, 0.15) is 37.6 Å². The Hall–Kier alpha value is -3.63. The van der Waals surface area contributed by atoms with E-state index in [4.69, 9.17) is 0 Å². The smallest absolute Gasteiger partial charge is 0.278 e. The lowest BCUT2D eigenvalue weighted by Crippen LogP contribution is -2.32. The fourth-order valence-corrected chi connectivity index (χ4v) is 4.35. The van der Waals surface area contributed by atoms with Crippen molar-refractivity contribution in [1.29, 1.82) is 0 Å². The van der Waals surface area contributed by atoms with Crippen LogP contribution in [0.4, 0.5) is 16.0 Å². The number of aliphatic hydroxyl groups is 1. The summed E-state index contributed by atoms with van der Waals surface area (Å²) in [4.78, 5) is 26.3. The van der Waals surface area contributed by atoms with Crippen molar-refractivity contribution < 1.29 is 9.50 Å². The summed E-state index contributed by atoms with van der Waals surface area (Å²) in [7, 11) is 0. The summed E-state index contributed by atoms with van der Waals surface area (Å²) in [6.07, 6.45) is 2.42. The zero-order valence-corrected chi connectivity index (χ0v) is 19.9. The van der Waals surface area contributed by atoms with Crippen LogP contribution in [0, 0.1) is 0 Å². The minimum absolute atomic E-state index is 0.165. The molecule has 0 bridgehead atoms. The highest BCUT2D eigenvalue weighted by atomic mass is 19.1. The Balaban J connectivity index is 1.60. The van der Waals surface area contributed by atoms with Crippen molar-refractivity contribution in [3.63, 3.8) is 0 Å². The van der Waals surface area contributed by atoms with Gasteiger partial charge in [0.05, 0.1) is 11.4 Å². The lowest BCUT2D eigenvalue weighted by atomic mass is 9.96. The first-order chi connectivity index (χ1) is 16.8. The van der Waals surface area contributed by atoms with Crippen molar-refractivity contribution in [1.82, 2.24) is 29.6 Å². The van der Waals surface area contributed by atoms with E-state index in [1.165, 1.54) is 42.0 Å². The summed E-state index contributed by atoms with van der Waals surface area (Å²) in [5, 5.41) is 17.6. The molecule has 182 valence electrons. The van der Waals surface area contributed by atoms with E-state index < -0.39 is 11.8 Å². The van der Waals surface area contributed by atoms with Crippen molar-refractivity contribution in [2.45, 2.75) is 52.1 Å². The summed E-state index contributed by atoms with van der Waals surface area (Å²) in [5.74, 6) is 0.354. The predicted octanol–water partition coefficient (Wildman–Crippen LogP) is 2.95. The van der Waals surface area contributed by atoms with Gasteiger partial charge in [-0.2, -0.15) is 4.98 Å². The number of hydrogen-bond donors (Lipinski definition) is 3. The maximum atomic E-state index is 14.1. The average molecular weight is 478 g/mol. The van der Waals surface area contributed by atoms with Crippen LogP contribution in [0.3, 0.4) is 0 Å². The molecule has 0 amide bonds. The van der Waals surface area contributed by atoms with E-state index in [0.717, 1.165) is 25.2 Å². The van der Waals surface area contributed by atoms with Gasteiger partial charge in [0.2, 0.25) is 5.95 Å². The Kier molecular flexibility index (Phi) is 5.86. The number of halogens is 1. The third-order valence-corrected chi connectivity index (χ3v) is 6.61. The average Bonchev–Trinajstić information content (AvgIpc) is 3.14. The summed E-state index contributed by atoms with van der Waals surface area (Å²) < 4.78 is 17.3. The van der Waals surface area contributed by atoms with E-state index in [2.05, 4.69) is 37.7 Å². The van der Waals surface area contributed by atoms with Crippen molar-refractivity contribution in [2.75, 3.05) is 11.9 Å². The van der Waals surface area contributed by atoms with Crippen LogP contribution in [0.15, 0.2) is 47.5 Å². The van der Waals surface area contributed by atoms with Gasteiger partial charge >= 0.3 is 0 Å². The molecule has 0 aliphatic carbocycles. The quantitative estimate of drug-likeness (QED) is 0.392. The van der Waals surface area contributed by atoms with Gasteiger partial charge in [-0.15, -0.1) is 0 Å². The Morgan fingerprint density at radius 1 is 1.26 bits per heavy atom. The fourth-order valence-electron chi connectivity index (χ4n) is 4.35. The molecule has 35 heavy (non-hydrogen) atoms. The molecule has 1 aliphatic rings. The summed E-state index contributed by atoms with van der Waals surface area (Å²) in [5.41, 5.74) is 2.52. The van der Waals surface area contributed by atoms with Gasteiger partial charge in [0, 0.05) is 31.2 Å². The molecule has 0 spiro atoms. The third-order valence-electron chi connectivity index (χ3n) is 6.61. The highest BCUT2D eigenvalue weighted by Crippen LogP contribution is 2.27. The van der Waals surface area contributed by atoms with Gasteiger partial charge < -0.3 is 15.7 Å². The molecule has 0 fully saturated rings. The van der Waals surface area contributed by atoms with Crippen molar-refractivity contribution in [2.24, 2.45) is 0 Å². The van der Waals surface area contributed by atoms with Crippen LogP contribution in [0.2, 0.25) is 0 Å². The third kappa shape index (κ3) is 4.08. The van der Waals surface area contributed by atoms with Crippen molar-refractivity contribution in [3.8, 4) is 5.69 Å². The van der Waals surface area contributed by atoms with Crippen molar-refractivity contribution in [3.05, 3.63) is 69.9 Å². The lowest BCUT2D eigenvalue weighted by Gasteiger charge is -2.24. The summed E-state index contributed by atoms with van der Waals surface area (Å²) in [6.45, 7) is 6.69. The van der Waals surface area contributed by atoms with Gasteiger partial charge in [-0.25, -0.2) is 18.7 Å². The molecule has 1 aromatic carbocycles. The first-order valence-electron chi connectivity index (χ1n) is 11.7. The number of nitrogens with one attached hydrogen (secondary N) is 2. The van der Waals surface area contributed by atoms with Gasteiger partial charge in [-0.3, -0.25) is 9.78 Å². The minimum Gasteiger partial charge on any atom is -0.381 e. The Morgan fingerprint density at radius 2 is 2.09 bits per heavy atom. The van der Waals surface area contributed by atoms with Gasteiger partial charge in [0.25, 0.3) is 5.56 Å². The van der Waals surface area contributed by atoms with E-state index in [0.29, 0.717) is 29.2 Å². The zero-order valence-electron chi connectivity index (χ0n) is 19.9. The number of anilines is 2. The van der Waals surface area contributed by atoms with E-state index >= 15 is 0 Å². The maximum absolute atomic E-state index is 14.1. The van der Waals surface area contributed by atoms with E-state index in [1.54, 1.807) is 16.8 Å². The molecule has 2 atom stereocenters. The highest BCUT2D eigenvalue weighted by molar-refractivity contribution is 5.77. The fraction of sp³-hybridized carbons (Fsp3) is 0.360. The van der Waals surface area contributed by atoms with Crippen LogP contribution in [0.5, 0.6) is 0 Å². The normalized spacial score (nSPS) is 16.0. The molecule has 9 nitrogen and oxygen atoms in total. The molecule has 3 N–H and O–H groups in total. The standard InChI is InChI=1S/C25H28FN7O2/c1-4-32-23(34)20-14-29-24(30-18-6-5-17-13-27-9-7-16(17)11-18)31-22(20)33(32)19-8-10-28-21(12-19)25(3,35)15(2)26/h5-6,8,10-12,14-15,27,35H,4,7,9,13H2,1-3H3,(H,29,30,31). The predicted molar refractivity (Wildman–Crippen MR) is 132 cm³/mol. The van der Waals surface area contributed by atoms with Crippen LogP contribution in [-0.2, 0) is 25.1 Å². The molecule has 2 unspecified atom stereocenters. The monoisotopic (exact) mass is 477 g/mol. The lowest BCUT2D eigenvalue weighted by molar-refractivity contribution is -0.0196. The zero-order chi connectivity index (χ0) is 24.7. The second-order valence-corrected chi connectivity index (χ2v) is 8.96. The van der Waals surface area contributed by atoms with Crippen LogP contribution >= 0.6 is 0 Å². The van der Waals surface area contributed by atoms with Crippen LogP contribution < -0.4 is 16.2 Å². The van der Waals surface area contributed by atoms with E-state index in [9.17, 15) is 14.3 Å². The van der Waals surface area contributed by atoms with Crippen LogP contribution in [-0.4, -0.2) is 42.1 Å². The summed E-state index contributed by atoms with van der Waals surface area (Å²) in [6, 6.07) is 9.44. The number of benzene rings is 1. The second kappa shape index (κ2) is 8.86. The number of alkyl halides is 1. The SMILES string of the molecule is CCn1c(=O)c2cnc(Nc3ccc4c(c3)CCNC4)nc2n1-c1ccnc(C(C)(O)C(C)F)c1. The first kappa shape index (κ1) is 23.1. The Morgan fingerprint density at radius 3 is 2.86 bits per heavy atom.